The zero-order valence-electron chi connectivity index (χ0n) is 13.7. The number of hydrogen-bond donors (Lipinski definition) is 0. The van der Waals surface area contributed by atoms with Gasteiger partial charge in [-0.05, 0) is 32.8 Å². The Labute approximate surface area is 137 Å². The van der Waals surface area contributed by atoms with E-state index in [-0.39, 0.29) is 6.04 Å². The lowest BCUT2D eigenvalue weighted by Crippen LogP contribution is -2.30. The van der Waals surface area contributed by atoms with Gasteiger partial charge < -0.3 is 0 Å². The second-order valence-electron chi connectivity index (χ2n) is 6.15. The zero-order valence-corrected chi connectivity index (χ0v) is 14.5. The number of hydrogen-bond acceptors (Lipinski definition) is 4. The molecule has 0 amide bonds. The zero-order chi connectivity index (χ0) is 16.6. The average molecular weight is 331 g/mol. The van der Waals surface area contributed by atoms with Gasteiger partial charge in [-0.15, -0.1) is 0 Å². The minimum atomic E-state index is -3.24. The lowest BCUT2D eigenvalue weighted by atomic mass is 10.1. The lowest BCUT2D eigenvalue weighted by Gasteiger charge is -2.21. The Hall–Kier alpha value is -1.79. The average Bonchev–Trinajstić information content (AvgIpc) is 2.97. The van der Waals surface area contributed by atoms with E-state index in [9.17, 15) is 8.42 Å². The summed E-state index contributed by atoms with van der Waals surface area (Å²) in [5.41, 5.74) is 3.91. The second kappa shape index (κ2) is 6.02. The molecule has 1 saturated heterocycles. The first-order valence-corrected chi connectivity index (χ1v) is 9.59. The quantitative estimate of drug-likeness (QED) is 0.867. The molecular weight excluding hydrogens is 310 g/mol. The Kier molecular flexibility index (Phi) is 4.21. The molecule has 1 aliphatic rings. The number of benzene rings is 1. The van der Waals surface area contributed by atoms with Gasteiger partial charge in [-0.2, -0.15) is 4.31 Å². The normalized spacial score (nSPS) is 19.2. The highest BCUT2D eigenvalue weighted by Gasteiger charge is 2.34. The van der Waals surface area contributed by atoms with Crippen LogP contribution < -0.4 is 0 Å². The molecule has 0 spiro atoms. The van der Waals surface area contributed by atoms with E-state index in [0.29, 0.717) is 12.4 Å². The largest absolute Gasteiger partial charge is 0.236 e. The van der Waals surface area contributed by atoms with E-state index >= 15 is 0 Å². The third-order valence-electron chi connectivity index (χ3n) is 4.15. The molecule has 6 heteroatoms. The second-order valence-corrected chi connectivity index (χ2v) is 8.09. The summed E-state index contributed by atoms with van der Waals surface area (Å²) in [4.78, 5) is 9.17. The number of sulfonamides is 1. The van der Waals surface area contributed by atoms with Crippen LogP contribution >= 0.6 is 0 Å². The summed E-state index contributed by atoms with van der Waals surface area (Å²) < 4.78 is 25.4. The summed E-state index contributed by atoms with van der Waals surface area (Å²) in [6.07, 6.45) is 2.86. The van der Waals surface area contributed by atoms with Gasteiger partial charge in [0.1, 0.15) is 5.82 Å². The summed E-state index contributed by atoms with van der Waals surface area (Å²) in [6, 6.07) is 9.84. The molecule has 1 aliphatic heterocycles. The SMILES string of the molecule is Cc1ccc(-c2cc(C)nc([C@@H]3CCCN3S(C)(=O)=O)n2)cc1. The fourth-order valence-corrected chi connectivity index (χ4v) is 4.13. The smallest absolute Gasteiger partial charge is 0.211 e. The predicted octanol–water partition coefficient (Wildman–Crippen LogP) is 2.86. The summed E-state index contributed by atoms with van der Waals surface area (Å²) in [5, 5.41) is 0. The molecule has 23 heavy (non-hydrogen) atoms. The molecule has 0 radical (unpaired) electrons. The van der Waals surface area contributed by atoms with E-state index in [2.05, 4.69) is 9.97 Å². The van der Waals surface area contributed by atoms with Gasteiger partial charge in [0.05, 0.1) is 18.0 Å². The fraction of sp³-hybridized carbons (Fsp3) is 0.412. The molecule has 0 bridgehead atoms. The Balaban J connectivity index is 2.02. The van der Waals surface area contributed by atoms with Crippen LogP contribution in [0.15, 0.2) is 30.3 Å². The van der Waals surface area contributed by atoms with Crippen molar-refractivity contribution in [1.29, 1.82) is 0 Å². The molecule has 2 heterocycles. The molecule has 0 saturated carbocycles. The number of nitrogens with zero attached hydrogens (tertiary/aromatic N) is 3. The minimum Gasteiger partial charge on any atom is -0.236 e. The van der Waals surface area contributed by atoms with Crippen LogP contribution in [0.4, 0.5) is 0 Å². The van der Waals surface area contributed by atoms with Crippen LogP contribution in [0, 0.1) is 13.8 Å². The van der Waals surface area contributed by atoms with E-state index in [0.717, 1.165) is 29.8 Å². The molecule has 1 aromatic carbocycles. The maximum atomic E-state index is 12.0. The molecule has 0 unspecified atom stereocenters. The van der Waals surface area contributed by atoms with Gasteiger partial charge >= 0.3 is 0 Å². The van der Waals surface area contributed by atoms with Crippen molar-refractivity contribution in [3.05, 3.63) is 47.4 Å². The van der Waals surface area contributed by atoms with Crippen LogP contribution in [0.2, 0.25) is 0 Å². The molecule has 1 fully saturated rings. The van der Waals surface area contributed by atoms with E-state index in [1.165, 1.54) is 16.1 Å². The van der Waals surface area contributed by atoms with E-state index in [1.807, 2.05) is 44.2 Å². The highest BCUT2D eigenvalue weighted by atomic mass is 32.2. The lowest BCUT2D eigenvalue weighted by molar-refractivity contribution is 0.386. The van der Waals surface area contributed by atoms with Crippen molar-refractivity contribution in [2.24, 2.45) is 0 Å². The summed E-state index contributed by atoms with van der Waals surface area (Å²) in [5.74, 6) is 0.600. The third-order valence-corrected chi connectivity index (χ3v) is 5.44. The van der Waals surface area contributed by atoms with Gasteiger partial charge in [0.2, 0.25) is 10.0 Å². The number of aryl methyl sites for hydroxylation is 2. The predicted molar refractivity (Wildman–Crippen MR) is 90.5 cm³/mol. The molecule has 2 aromatic rings. The summed E-state index contributed by atoms with van der Waals surface area (Å²) in [6.45, 7) is 4.51. The van der Waals surface area contributed by atoms with Crippen molar-refractivity contribution in [2.45, 2.75) is 32.7 Å². The van der Waals surface area contributed by atoms with Gasteiger partial charge in [0.25, 0.3) is 0 Å². The van der Waals surface area contributed by atoms with Crippen molar-refractivity contribution >= 4 is 10.0 Å². The first-order valence-electron chi connectivity index (χ1n) is 7.74. The minimum absolute atomic E-state index is 0.255. The van der Waals surface area contributed by atoms with Gasteiger partial charge in [-0.1, -0.05) is 29.8 Å². The summed E-state index contributed by atoms with van der Waals surface area (Å²) in [7, 11) is -3.24. The standard InChI is InChI=1S/C17H21N3O2S/c1-12-6-8-14(9-7-12)15-11-13(2)18-17(19-15)16-5-4-10-20(16)23(3,21)22/h6-9,11,16H,4-5,10H2,1-3H3/t16-/m0/s1. The maximum absolute atomic E-state index is 12.0. The van der Waals surface area contributed by atoms with Crippen molar-refractivity contribution < 1.29 is 8.42 Å². The van der Waals surface area contributed by atoms with Crippen molar-refractivity contribution in [1.82, 2.24) is 14.3 Å². The number of aromatic nitrogens is 2. The molecule has 0 aliphatic carbocycles. The van der Waals surface area contributed by atoms with Crippen LogP contribution in [0.25, 0.3) is 11.3 Å². The van der Waals surface area contributed by atoms with Crippen molar-refractivity contribution in [2.75, 3.05) is 12.8 Å². The van der Waals surface area contributed by atoms with Gasteiger partial charge in [0.15, 0.2) is 0 Å². The highest BCUT2D eigenvalue weighted by molar-refractivity contribution is 7.88. The topological polar surface area (TPSA) is 63.2 Å². The Morgan fingerprint density at radius 2 is 1.83 bits per heavy atom. The van der Waals surface area contributed by atoms with E-state index < -0.39 is 10.0 Å². The Morgan fingerprint density at radius 3 is 2.48 bits per heavy atom. The molecular formula is C17H21N3O2S. The van der Waals surface area contributed by atoms with E-state index in [1.54, 1.807) is 0 Å². The first-order chi connectivity index (χ1) is 10.8. The number of rotatable bonds is 3. The van der Waals surface area contributed by atoms with Crippen LogP contribution in [0.5, 0.6) is 0 Å². The fourth-order valence-electron chi connectivity index (χ4n) is 3.01. The van der Waals surface area contributed by atoms with Crippen LogP contribution in [0.3, 0.4) is 0 Å². The molecule has 122 valence electrons. The highest BCUT2D eigenvalue weighted by Crippen LogP contribution is 2.33. The van der Waals surface area contributed by atoms with Crippen LogP contribution in [-0.2, 0) is 10.0 Å². The maximum Gasteiger partial charge on any atom is 0.211 e. The Bertz CT molecular complexity index is 816. The van der Waals surface area contributed by atoms with E-state index in [4.69, 9.17) is 0 Å². The summed E-state index contributed by atoms with van der Waals surface area (Å²) >= 11 is 0. The van der Waals surface area contributed by atoms with Gasteiger partial charge in [-0.3, -0.25) is 0 Å². The van der Waals surface area contributed by atoms with Gasteiger partial charge in [0, 0.05) is 17.8 Å². The Morgan fingerprint density at radius 1 is 1.13 bits per heavy atom. The molecule has 1 aromatic heterocycles. The molecule has 3 rings (SSSR count). The monoisotopic (exact) mass is 331 g/mol. The van der Waals surface area contributed by atoms with Crippen LogP contribution in [0.1, 0.15) is 36.0 Å². The van der Waals surface area contributed by atoms with Gasteiger partial charge in [-0.25, -0.2) is 18.4 Å². The molecule has 1 atom stereocenters. The first kappa shape index (κ1) is 16.1. The van der Waals surface area contributed by atoms with Crippen molar-refractivity contribution in [3.8, 4) is 11.3 Å². The van der Waals surface area contributed by atoms with Crippen molar-refractivity contribution in [3.63, 3.8) is 0 Å². The van der Waals surface area contributed by atoms with Crippen LogP contribution in [-0.4, -0.2) is 35.5 Å². The third kappa shape index (κ3) is 3.43. The molecule has 5 nitrogen and oxygen atoms in total. The molecule has 0 N–H and O–H groups in total.